The maximum Gasteiger partial charge on any atom is 0.115 e. The average Bonchev–Trinajstić information content (AvgIpc) is 2.70. The van der Waals surface area contributed by atoms with Gasteiger partial charge in [0.15, 0.2) is 0 Å². The summed E-state index contributed by atoms with van der Waals surface area (Å²) in [7, 11) is 0. The molecule has 0 atom stereocenters. The molecular formula is C25H31NO. The Morgan fingerprint density at radius 3 is 2.19 bits per heavy atom. The zero-order valence-electron chi connectivity index (χ0n) is 16.5. The van der Waals surface area contributed by atoms with E-state index in [1.54, 1.807) is 12.1 Å². The number of hydrogen-bond donors (Lipinski definition) is 1. The molecule has 27 heavy (non-hydrogen) atoms. The lowest BCUT2D eigenvalue weighted by atomic mass is 10.0. The molecule has 0 amide bonds. The number of pyridine rings is 1. The van der Waals surface area contributed by atoms with Crippen LogP contribution in [0.15, 0.2) is 54.6 Å². The Hall–Kier alpha value is -2.35. The molecule has 0 aliphatic heterocycles. The van der Waals surface area contributed by atoms with Crippen molar-refractivity contribution < 1.29 is 5.11 Å². The van der Waals surface area contributed by atoms with Crippen LogP contribution < -0.4 is 0 Å². The first-order chi connectivity index (χ1) is 13.3. The lowest BCUT2D eigenvalue weighted by Crippen LogP contribution is -1.89. The van der Waals surface area contributed by atoms with Crippen LogP contribution in [0.5, 0.6) is 5.75 Å². The van der Waals surface area contributed by atoms with Gasteiger partial charge < -0.3 is 5.11 Å². The second-order valence-corrected chi connectivity index (χ2v) is 7.50. The maximum atomic E-state index is 9.44. The minimum atomic E-state index is 0.283. The third-order valence-corrected chi connectivity index (χ3v) is 5.24. The number of rotatable bonds is 10. The van der Waals surface area contributed by atoms with Gasteiger partial charge in [-0.25, -0.2) is 4.98 Å². The summed E-state index contributed by atoms with van der Waals surface area (Å²) >= 11 is 0. The van der Waals surface area contributed by atoms with E-state index in [0.29, 0.717) is 0 Å². The minimum absolute atomic E-state index is 0.283. The zero-order chi connectivity index (χ0) is 18.9. The number of hydrogen-bond acceptors (Lipinski definition) is 2. The molecule has 3 aromatic rings. The van der Waals surface area contributed by atoms with Crippen molar-refractivity contribution in [3.63, 3.8) is 0 Å². The number of aryl methyl sites for hydroxylation is 1. The van der Waals surface area contributed by atoms with Crippen molar-refractivity contribution in [3.05, 3.63) is 60.2 Å². The Balaban J connectivity index is 1.53. The van der Waals surface area contributed by atoms with Gasteiger partial charge in [0.05, 0.1) is 11.2 Å². The SMILES string of the molecule is CCCCCCCCCCc1ccc2nc(-c3ccc(O)cc3)ccc2c1. The van der Waals surface area contributed by atoms with E-state index in [0.717, 1.165) is 23.2 Å². The van der Waals surface area contributed by atoms with Gasteiger partial charge >= 0.3 is 0 Å². The van der Waals surface area contributed by atoms with Crippen LogP contribution in [-0.4, -0.2) is 10.1 Å². The van der Waals surface area contributed by atoms with Crippen LogP contribution in [0.3, 0.4) is 0 Å². The summed E-state index contributed by atoms with van der Waals surface area (Å²) in [6.45, 7) is 2.27. The van der Waals surface area contributed by atoms with Gasteiger partial charge in [0, 0.05) is 10.9 Å². The monoisotopic (exact) mass is 361 g/mol. The molecule has 2 heteroatoms. The van der Waals surface area contributed by atoms with Crippen molar-refractivity contribution in [2.75, 3.05) is 0 Å². The summed E-state index contributed by atoms with van der Waals surface area (Å²) in [6.07, 6.45) is 12.0. The summed E-state index contributed by atoms with van der Waals surface area (Å²) in [4.78, 5) is 4.78. The van der Waals surface area contributed by atoms with Gasteiger partial charge in [0.2, 0.25) is 0 Å². The largest absolute Gasteiger partial charge is 0.508 e. The minimum Gasteiger partial charge on any atom is -0.508 e. The van der Waals surface area contributed by atoms with E-state index in [1.165, 1.54) is 62.3 Å². The highest BCUT2D eigenvalue weighted by Gasteiger charge is 2.03. The maximum absolute atomic E-state index is 9.44. The molecule has 142 valence electrons. The van der Waals surface area contributed by atoms with E-state index in [-0.39, 0.29) is 5.75 Å². The highest BCUT2D eigenvalue weighted by atomic mass is 16.3. The molecule has 2 aromatic carbocycles. The lowest BCUT2D eigenvalue weighted by Gasteiger charge is -2.07. The van der Waals surface area contributed by atoms with Gasteiger partial charge in [-0.2, -0.15) is 0 Å². The van der Waals surface area contributed by atoms with E-state index in [9.17, 15) is 5.11 Å². The summed E-state index contributed by atoms with van der Waals surface area (Å²) < 4.78 is 0. The number of aromatic hydroxyl groups is 1. The van der Waals surface area contributed by atoms with Crippen LogP contribution in [0.25, 0.3) is 22.2 Å². The Kier molecular flexibility index (Phi) is 7.27. The molecule has 0 saturated heterocycles. The summed E-state index contributed by atoms with van der Waals surface area (Å²) in [5, 5.41) is 10.6. The molecule has 0 spiro atoms. The second-order valence-electron chi connectivity index (χ2n) is 7.50. The Morgan fingerprint density at radius 2 is 1.44 bits per heavy atom. The number of unbranched alkanes of at least 4 members (excludes halogenated alkanes) is 7. The fraction of sp³-hybridized carbons (Fsp3) is 0.400. The molecule has 3 rings (SSSR count). The second kappa shape index (κ2) is 10.1. The van der Waals surface area contributed by atoms with Gasteiger partial charge in [-0.05, 0) is 60.9 Å². The highest BCUT2D eigenvalue weighted by molar-refractivity contribution is 5.82. The van der Waals surface area contributed by atoms with E-state index >= 15 is 0 Å². The van der Waals surface area contributed by atoms with Crippen LogP contribution in [0.1, 0.15) is 63.9 Å². The van der Waals surface area contributed by atoms with Crippen LogP contribution in [0, 0.1) is 0 Å². The molecule has 0 fully saturated rings. The number of fused-ring (bicyclic) bond motifs is 1. The topological polar surface area (TPSA) is 33.1 Å². The van der Waals surface area contributed by atoms with Crippen LogP contribution in [0.2, 0.25) is 0 Å². The van der Waals surface area contributed by atoms with Gasteiger partial charge in [-0.15, -0.1) is 0 Å². The van der Waals surface area contributed by atoms with Crippen molar-refractivity contribution in [1.82, 2.24) is 4.98 Å². The van der Waals surface area contributed by atoms with E-state index < -0.39 is 0 Å². The van der Waals surface area contributed by atoms with Gasteiger partial charge in [-0.1, -0.05) is 64.0 Å². The first-order valence-corrected chi connectivity index (χ1v) is 10.5. The molecule has 0 radical (unpaired) electrons. The van der Waals surface area contributed by atoms with E-state index in [2.05, 4.69) is 37.3 Å². The molecule has 1 heterocycles. The van der Waals surface area contributed by atoms with Crippen LogP contribution in [0.4, 0.5) is 0 Å². The number of nitrogens with zero attached hydrogens (tertiary/aromatic N) is 1. The molecule has 0 aliphatic rings. The fourth-order valence-corrected chi connectivity index (χ4v) is 3.59. The fourth-order valence-electron chi connectivity index (χ4n) is 3.59. The quantitative estimate of drug-likeness (QED) is 0.385. The average molecular weight is 362 g/mol. The van der Waals surface area contributed by atoms with Crippen molar-refractivity contribution in [2.24, 2.45) is 0 Å². The molecule has 1 aromatic heterocycles. The first-order valence-electron chi connectivity index (χ1n) is 10.5. The molecule has 2 nitrogen and oxygen atoms in total. The standard InChI is InChI=1S/C25H31NO/c1-2-3-4-5-6-7-8-9-10-20-11-17-25-22(19-20)14-18-24(26-25)21-12-15-23(27)16-13-21/h11-19,27H,2-10H2,1H3. The third-order valence-electron chi connectivity index (χ3n) is 5.24. The summed E-state index contributed by atoms with van der Waals surface area (Å²) in [5.74, 6) is 0.283. The van der Waals surface area contributed by atoms with E-state index in [1.807, 2.05) is 12.1 Å². The number of phenols is 1. The Labute approximate surface area is 163 Å². The molecular weight excluding hydrogens is 330 g/mol. The van der Waals surface area contributed by atoms with Crippen molar-refractivity contribution >= 4 is 10.9 Å². The Morgan fingerprint density at radius 1 is 0.741 bits per heavy atom. The van der Waals surface area contributed by atoms with Gasteiger partial charge in [0.25, 0.3) is 0 Å². The molecule has 0 saturated carbocycles. The highest BCUT2D eigenvalue weighted by Crippen LogP contribution is 2.24. The smallest absolute Gasteiger partial charge is 0.115 e. The summed E-state index contributed by atoms with van der Waals surface area (Å²) in [6, 6.07) is 18.1. The first kappa shape index (κ1) is 19.4. The number of phenolic OH excluding ortho intramolecular Hbond substituents is 1. The van der Waals surface area contributed by atoms with Crippen molar-refractivity contribution in [3.8, 4) is 17.0 Å². The lowest BCUT2D eigenvalue weighted by molar-refractivity contribution is 0.475. The Bertz CT molecular complexity index is 839. The molecule has 0 bridgehead atoms. The van der Waals surface area contributed by atoms with E-state index in [4.69, 9.17) is 4.98 Å². The van der Waals surface area contributed by atoms with Crippen molar-refractivity contribution in [2.45, 2.75) is 64.7 Å². The van der Waals surface area contributed by atoms with Crippen LogP contribution in [-0.2, 0) is 6.42 Å². The predicted octanol–water partition coefficient (Wildman–Crippen LogP) is 7.29. The normalized spacial score (nSPS) is 11.1. The predicted molar refractivity (Wildman–Crippen MR) is 115 cm³/mol. The van der Waals surface area contributed by atoms with Crippen LogP contribution >= 0.6 is 0 Å². The molecule has 1 N–H and O–H groups in total. The van der Waals surface area contributed by atoms with Gasteiger partial charge in [-0.3, -0.25) is 0 Å². The molecule has 0 aliphatic carbocycles. The zero-order valence-corrected chi connectivity index (χ0v) is 16.5. The third kappa shape index (κ3) is 5.82. The number of benzene rings is 2. The summed E-state index contributed by atoms with van der Waals surface area (Å²) in [5.41, 5.74) is 4.41. The number of aromatic nitrogens is 1. The van der Waals surface area contributed by atoms with Crippen molar-refractivity contribution in [1.29, 1.82) is 0 Å². The molecule has 0 unspecified atom stereocenters. The van der Waals surface area contributed by atoms with Gasteiger partial charge in [0.1, 0.15) is 5.75 Å².